The number of rotatable bonds is 5. The van der Waals surface area contributed by atoms with Crippen molar-refractivity contribution >= 4 is 39.7 Å². The minimum Gasteiger partial charge on any atom is -0.281 e. The van der Waals surface area contributed by atoms with Gasteiger partial charge in [-0.05, 0) is 0 Å². The zero-order valence-electron chi connectivity index (χ0n) is 10.6. The predicted octanol–water partition coefficient (Wildman–Crippen LogP) is 3.19. The standard InChI is InChI=1S/C6HF13O3S.Na/c7-1(8,3(11,12)5(15,16)17)2(9,10)4(13,14)6(18,19)23(20,21)22;/h(H,20,21,22);. The minimum atomic E-state index is -8.25. The van der Waals surface area contributed by atoms with Crippen LogP contribution in [0, 0.1) is 0 Å². The monoisotopic (exact) mass is 423 g/mol. The second-order valence-electron chi connectivity index (χ2n) is 3.79. The van der Waals surface area contributed by atoms with Gasteiger partial charge in [-0.1, -0.05) is 0 Å². The van der Waals surface area contributed by atoms with Crippen LogP contribution in [0.3, 0.4) is 0 Å². The second kappa shape index (κ2) is 6.31. The average molecular weight is 423 g/mol. The molecule has 0 aliphatic carbocycles. The molecule has 0 saturated heterocycles. The summed E-state index contributed by atoms with van der Waals surface area (Å²) in [5.74, 6) is -32.5. The summed E-state index contributed by atoms with van der Waals surface area (Å²) in [6.07, 6.45) is -7.59. The van der Waals surface area contributed by atoms with Crippen molar-refractivity contribution in [3.63, 3.8) is 0 Å². The normalized spacial score (nSPS) is 15.9. The molecule has 141 valence electrons. The van der Waals surface area contributed by atoms with E-state index in [4.69, 9.17) is 4.55 Å². The van der Waals surface area contributed by atoms with Gasteiger partial charge >= 0.3 is 45.2 Å². The molecule has 0 aromatic rings. The van der Waals surface area contributed by atoms with Crippen molar-refractivity contribution < 1.29 is 70.0 Å². The summed E-state index contributed by atoms with van der Waals surface area (Å²) < 4.78 is 188. The number of alkyl halides is 13. The van der Waals surface area contributed by atoms with E-state index >= 15 is 0 Å². The zero-order chi connectivity index (χ0) is 19.5. The second-order valence-corrected chi connectivity index (χ2v) is 5.25. The van der Waals surface area contributed by atoms with Crippen LogP contribution in [0.4, 0.5) is 57.1 Å². The van der Waals surface area contributed by atoms with Gasteiger partial charge in [0.05, 0.1) is 0 Å². The van der Waals surface area contributed by atoms with Crippen LogP contribution >= 0.6 is 0 Å². The molecule has 0 heterocycles. The molecule has 0 aliphatic rings. The molecular weight excluding hydrogens is 422 g/mol. The van der Waals surface area contributed by atoms with Crippen LogP contribution in [0.5, 0.6) is 0 Å². The molecular formula is C6HF13NaO3S. The molecule has 0 atom stereocenters. The third-order valence-electron chi connectivity index (χ3n) is 2.23. The summed E-state index contributed by atoms with van der Waals surface area (Å²) in [7, 11) is -7.61. The van der Waals surface area contributed by atoms with Gasteiger partial charge in [-0.15, -0.1) is 0 Å². The fraction of sp³-hybridized carbons (Fsp3) is 1.00. The molecule has 0 fully saturated rings. The van der Waals surface area contributed by atoms with E-state index in [1.54, 1.807) is 0 Å². The Morgan fingerprint density at radius 3 is 1.00 bits per heavy atom. The van der Waals surface area contributed by atoms with E-state index < -0.39 is 45.2 Å². The quantitative estimate of drug-likeness (QED) is 0.420. The van der Waals surface area contributed by atoms with Gasteiger partial charge in [-0.25, -0.2) is 0 Å². The van der Waals surface area contributed by atoms with E-state index in [0.717, 1.165) is 0 Å². The molecule has 0 spiro atoms. The summed E-state index contributed by atoms with van der Waals surface area (Å²) in [5, 5.41) is -7.52. The molecule has 3 nitrogen and oxygen atoms in total. The van der Waals surface area contributed by atoms with Crippen molar-refractivity contribution in [3.8, 4) is 0 Å². The van der Waals surface area contributed by atoms with Crippen LogP contribution in [0.15, 0.2) is 0 Å². The summed E-state index contributed by atoms with van der Waals surface area (Å²) in [6, 6.07) is 0. The third kappa shape index (κ3) is 3.33. The molecule has 0 aromatic heterocycles. The molecule has 1 N–H and O–H groups in total. The average Bonchev–Trinajstić information content (AvgIpc) is 2.24. The van der Waals surface area contributed by atoms with E-state index in [-0.39, 0.29) is 29.6 Å². The number of hydrogen-bond acceptors (Lipinski definition) is 2. The first-order valence-corrected chi connectivity index (χ1v) is 5.87. The van der Waals surface area contributed by atoms with Crippen LogP contribution < -0.4 is 0 Å². The SMILES string of the molecule is O=S(=O)(O)C(F)(F)C(F)(F)C(F)(F)C(F)(F)C(F)(F)C(F)(F)F.[Na]. The van der Waals surface area contributed by atoms with E-state index in [1.165, 1.54) is 0 Å². The summed E-state index contributed by atoms with van der Waals surface area (Å²) >= 11 is 0. The molecule has 0 unspecified atom stereocenters. The van der Waals surface area contributed by atoms with Crippen LogP contribution in [0.1, 0.15) is 0 Å². The van der Waals surface area contributed by atoms with Crippen molar-refractivity contribution in [3.05, 3.63) is 0 Å². The van der Waals surface area contributed by atoms with Crippen molar-refractivity contribution in [1.82, 2.24) is 0 Å². The van der Waals surface area contributed by atoms with Crippen molar-refractivity contribution in [2.24, 2.45) is 0 Å². The fourth-order valence-electron chi connectivity index (χ4n) is 0.917. The molecule has 0 bridgehead atoms. The van der Waals surface area contributed by atoms with Gasteiger partial charge in [0.15, 0.2) is 0 Å². The van der Waals surface area contributed by atoms with Gasteiger partial charge in [0.1, 0.15) is 0 Å². The largest absolute Gasteiger partial charge is 0.460 e. The Bertz CT molecular complexity index is 565. The third-order valence-corrected chi connectivity index (χ3v) is 3.13. The van der Waals surface area contributed by atoms with E-state index in [1.807, 2.05) is 0 Å². The van der Waals surface area contributed by atoms with Crippen molar-refractivity contribution in [2.75, 3.05) is 0 Å². The smallest absolute Gasteiger partial charge is 0.281 e. The maximum atomic E-state index is 12.7. The van der Waals surface area contributed by atoms with Gasteiger partial charge in [0.2, 0.25) is 0 Å². The summed E-state index contributed by atoms with van der Waals surface area (Å²) in [4.78, 5) is 0. The van der Waals surface area contributed by atoms with Gasteiger partial charge in [-0.3, -0.25) is 4.55 Å². The van der Waals surface area contributed by atoms with E-state index in [2.05, 4.69) is 0 Å². The number of hydrogen-bond donors (Lipinski definition) is 1. The molecule has 18 heteroatoms. The molecule has 1 radical (unpaired) electrons. The Balaban J connectivity index is 0. The molecule has 0 aliphatic heterocycles. The van der Waals surface area contributed by atoms with Gasteiger partial charge in [0, 0.05) is 29.6 Å². The molecule has 0 saturated carbocycles. The zero-order valence-corrected chi connectivity index (χ0v) is 13.4. The first kappa shape index (κ1) is 26.2. The Labute approximate surface area is 145 Å². The Morgan fingerprint density at radius 1 is 0.542 bits per heavy atom. The summed E-state index contributed by atoms with van der Waals surface area (Å²) in [6.45, 7) is 0. The van der Waals surface area contributed by atoms with Crippen molar-refractivity contribution in [2.45, 2.75) is 35.1 Å². The molecule has 24 heavy (non-hydrogen) atoms. The van der Waals surface area contributed by atoms with Gasteiger partial charge in [-0.2, -0.15) is 65.5 Å². The molecule has 0 rings (SSSR count). The Hall–Kier alpha value is -0.000000000000000444. The Morgan fingerprint density at radius 2 is 0.792 bits per heavy atom. The number of halogens is 13. The van der Waals surface area contributed by atoms with Crippen molar-refractivity contribution in [1.29, 1.82) is 0 Å². The van der Waals surface area contributed by atoms with E-state index in [9.17, 15) is 65.5 Å². The predicted molar refractivity (Wildman–Crippen MR) is 48.1 cm³/mol. The molecule has 0 amide bonds. The topological polar surface area (TPSA) is 54.4 Å². The van der Waals surface area contributed by atoms with Crippen LogP contribution in [0.25, 0.3) is 0 Å². The first-order chi connectivity index (χ1) is 9.50. The van der Waals surface area contributed by atoms with Crippen LogP contribution in [0.2, 0.25) is 0 Å². The minimum absolute atomic E-state index is 0. The fourth-order valence-corrected chi connectivity index (χ4v) is 1.37. The maximum Gasteiger partial charge on any atom is 0.460 e. The first-order valence-electron chi connectivity index (χ1n) is 4.43. The Kier molecular flexibility index (Phi) is 6.90. The van der Waals surface area contributed by atoms with Crippen LogP contribution in [-0.2, 0) is 10.1 Å². The molecule has 0 aromatic carbocycles. The van der Waals surface area contributed by atoms with Crippen LogP contribution in [-0.4, -0.2) is 77.6 Å². The van der Waals surface area contributed by atoms with Gasteiger partial charge < -0.3 is 0 Å². The van der Waals surface area contributed by atoms with E-state index in [0.29, 0.717) is 0 Å². The maximum absolute atomic E-state index is 12.7. The summed E-state index contributed by atoms with van der Waals surface area (Å²) in [5.41, 5.74) is 0. The van der Waals surface area contributed by atoms with Gasteiger partial charge in [0.25, 0.3) is 0 Å².